The van der Waals surface area contributed by atoms with Gasteiger partial charge in [0, 0.05) is 22.3 Å². The number of hydrogen-bond acceptors (Lipinski definition) is 3. The summed E-state index contributed by atoms with van der Waals surface area (Å²) in [5.74, 6) is 0. The van der Waals surface area contributed by atoms with Crippen LogP contribution < -0.4 is 4.90 Å². The average Bonchev–Trinajstić information content (AvgIpc) is 2.29. The summed E-state index contributed by atoms with van der Waals surface area (Å²) in [4.78, 5) is 13.4. The Labute approximate surface area is 110 Å². The Hall–Kier alpha value is -0.870. The van der Waals surface area contributed by atoms with Gasteiger partial charge < -0.3 is 9.64 Å². The summed E-state index contributed by atoms with van der Waals surface area (Å²) < 4.78 is 6.42. The molecular weight excluding hydrogens is 282 g/mol. The zero-order valence-corrected chi connectivity index (χ0v) is 11.7. The summed E-state index contributed by atoms with van der Waals surface area (Å²) in [6.07, 6.45) is 0.908. The standard InChI is InChI=1S/C13H16BrNO2/c1-13(2)9-17-6-5-15(13)12-4-3-11(14)7-10(12)8-16/h3-4,7-8H,5-6,9H2,1-2H3. The minimum absolute atomic E-state index is 0.0795. The lowest BCUT2D eigenvalue weighted by Crippen LogP contribution is -2.53. The number of ether oxygens (including phenoxy) is 1. The molecule has 0 unspecified atom stereocenters. The van der Waals surface area contributed by atoms with Crippen LogP contribution in [0.5, 0.6) is 0 Å². The van der Waals surface area contributed by atoms with Gasteiger partial charge in [-0.15, -0.1) is 0 Å². The molecule has 0 amide bonds. The second kappa shape index (κ2) is 4.78. The highest BCUT2D eigenvalue weighted by molar-refractivity contribution is 9.10. The van der Waals surface area contributed by atoms with Crippen molar-refractivity contribution in [2.75, 3.05) is 24.7 Å². The summed E-state index contributed by atoms with van der Waals surface area (Å²) in [6.45, 7) is 6.46. The van der Waals surface area contributed by atoms with E-state index in [1.165, 1.54) is 0 Å². The number of aldehydes is 1. The minimum atomic E-state index is -0.0795. The van der Waals surface area contributed by atoms with E-state index >= 15 is 0 Å². The van der Waals surface area contributed by atoms with Crippen molar-refractivity contribution in [1.82, 2.24) is 0 Å². The number of nitrogens with zero attached hydrogens (tertiary/aromatic N) is 1. The third-order valence-electron chi connectivity index (χ3n) is 3.05. The number of benzene rings is 1. The van der Waals surface area contributed by atoms with Crippen molar-refractivity contribution in [2.45, 2.75) is 19.4 Å². The molecule has 1 saturated heterocycles. The van der Waals surface area contributed by atoms with Gasteiger partial charge in [-0.25, -0.2) is 0 Å². The smallest absolute Gasteiger partial charge is 0.152 e. The van der Waals surface area contributed by atoms with Crippen molar-refractivity contribution < 1.29 is 9.53 Å². The second-order valence-electron chi connectivity index (χ2n) is 4.84. The van der Waals surface area contributed by atoms with Gasteiger partial charge in [-0.2, -0.15) is 0 Å². The molecule has 3 nitrogen and oxygen atoms in total. The average molecular weight is 298 g/mol. The Kier molecular flexibility index (Phi) is 3.54. The number of morpholine rings is 1. The number of carbonyl (C=O) groups excluding carboxylic acids is 1. The molecule has 0 bridgehead atoms. The van der Waals surface area contributed by atoms with Gasteiger partial charge in [0.15, 0.2) is 6.29 Å². The largest absolute Gasteiger partial charge is 0.377 e. The molecule has 17 heavy (non-hydrogen) atoms. The van der Waals surface area contributed by atoms with Crippen LogP contribution in [0.3, 0.4) is 0 Å². The van der Waals surface area contributed by atoms with Gasteiger partial charge in [0.05, 0.1) is 18.8 Å². The maximum Gasteiger partial charge on any atom is 0.152 e. The first-order valence-electron chi connectivity index (χ1n) is 5.65. The van der Waals surface area contributed by atoms with Crippen molar-refractivity contribution >= 4 is 27.9 Å². The number of anilines is 1. The van der Waals surface area contributed by atoms with Gasteiger partial charge in [0.25, 0.3) is 0 Å². The van der Waals surface area contributed by atoms with Gasteiger partial charge in [0.1, 0.15) is 0 Å². The van der Waals surface area contributed by atoms with Gasteiger partial charge in [-0.1, -0.05) is 15.9 Å². The van der Waals surface area contributed by atoms with Crippen LogP contribution in [-0.4, -0.2) is 31.6 Å². The van der Waals surface area contributed by atoms with Crippen LogP contribution in [0.1, 0.15) is 24.2 Å². The minimum Gasteiger partial charge on any atom is -0.377 e. The van der Waals surface area contributed by atoms with Crippen LogP contribution in [-0.2, 0) is 4.74 Å². The highest BCUT2D eigenvalue weighted by Crippen LogP contribution is 2.30. The van der Waals surface area contributed by atoms with Gasteiger partial charge >= 0.3 is 0 Å². The Morgan fingerprint density at radius 1 is 1.47 bits per heavy atom. The van der Waals surface area contributed by atoms with Crippen molar-refractivity contribution in [3.8, 4) is 0 Å². The van der Waals surface area contributed by atoms with Gasteiger partial charge in [-0.05, 0) is 32.0 Å². The molecule has 4 heteroatoms. The Morgan fingerprint density at radius 2 is 2.24 bits per heavy atom. The van der Waals surface area contributed by atoms with E-state index in [2.05, 4.69) is 34.7 Å². The topological polar surface area (TPSA) is 29.5 Å². The number of hydrogen-bond donors (Lipinski definition) is 0. The van der Waals surface area contributed by atoms with E-state index in [0.29, 0.717) is 18.8 Å². The number of rotatable bonds is 2. The lowest BCUT2D eigenvalue weighted by Gasteiger charge is -2.44. The molecule has 0 radical (unpaired) electrons. The summed E-state index contributed by atoms with van der Waals surface area (Å²) in [5.41, 5.74) is 1.62. The fraction of sp³-hybridized carbons (Fsp3) is 0.462. The predicted molar refractivity (Wildman–Crippen MR) is 71.8 cm³/mol. The second-order valence-corrected chi connectivity index (χ2v) is 5.75. The fourth-order valence-electron chi connectivity index (χ4n) is 2.17. The summed E-state index contributed by atoms with van der Waals surface area (Å²) in [5, 5.41) is 0. The highest BCUT2D eigenvalue weighted by Gasteiger charge is 2.31. The van der Waals surface area contributed by atoms with E-state index in [-0.39, 0.29) is 5.54 Å². The molecule has 1 aliphatic heterocycles. The van der Waals surface area contributed by atoms with E-state index in [9.17, 15) is 4.79 Å². The molecule has 1 aliphatic rings. The van der Waals surface area contributed by atoms with Crippen molar-refractivity contribution in [1.29, 1.82) is 0 Å². The normalized spacial score (nSPS) is 19.1. The fourth-order valence-corrected chi connectivity index (χ4v) is 2.55. The van der Waals surface area contributed by atoms with E-state index in [1.54, 1.807) is 0 Å². The molecule has 0 atom stereocenters. The van der Waals surface area contributed by atoms with E-state index in [1.807, 2.05) is 18.2 Å². The summed E-state index contributed by atoms with van der Waals surface area (Å²) >= 11 is 3.39. The SMILES string of the molecule is CC1(C)COCCN1c1ccc(Br)cc1C=O. The first kappa shape index (κ1) is 12.6. The van der Waals surface area contributed by atoms with Crippen molar-refractivity contribution in [3.63, 3.8) is 0 Å². The lowest BCUT2D eigenvalue weighted by atomic mass is 10.00. The molecule has 92 valence electrons. The van der Waals surface area contributed by atoms with Crippen molar-refractivity contribution in [2.24, 2.45) is 0 Å². The van der Waals surface area contributed by atoms with Crippen LogP contribution >= 0.6 is 15.9 Å². The predicted octanol–water partition coefficient (Wildman–Crippen LogP) is 2.88. The monoisotopic (exact) mass is 297 g/mol. The lowest BCUT2D eigenvalue weighted by molar-refractivity contribution is 0.0643. The van der Waals surface area contributed by atoms with Crippen molar-refractivity contribution in [3.05, 3.63) is 28.2 Å². The zero-order chi connectivity index (χ0) is 12.5. The molecule has 1 fully saturated rings. The maximum absolute atomic E-state index is 11.2. The highest BCUT2D eigenvalue weighted by atomic mass is 79.9. The third-order valence-corrected chi connectivity index (χ3v) is 3.55. The maximum atomic E-state index is 11.2. The van der Waals surface area contributed by atoms with Gasteiger partial charge in [0.2, 0.25) is 0 Å². The molecule has 2 rings (SSSR count). The summed E-state index contributed by atoms with van der Waals surface area (Å²) in [6, 6.07) is 5.81. The Balaban J connectivity index is 2.41. The molecule has 1 heterocycles. The van der Waals surface area contributed by atoms with Crippen LogP contribution in [0.2, 0.25) is 0 Å². The first-order chi connectivity index (χ1) is 8.04. The molecule has 0 N–H and O–H groups in total. The molecule has 0 saturated carbocycles. The van der Waals surface area contributed by atoms with Crippen LogP contribution in [0.25, 0.3) is 0 Å². The molecule has 1 aromatic rings. The quantitative estimate of drug-likeness (QED) is 0.786. The van der Waals surface area contributed by atoms with E-state index in [4.69, 9.17) is 4.74 Å². The number of carbonyl (C=O) groups is 1. The van der Waals surface area contributed by atoms with E-state index < -0.39 is 0 Å². The Bertz CT molecular complexity index is 431. The molecule has 0 spiro atoms. The molecular formula is C13H16BrNO2. The summed E-state index contributed by atoms with van der Waals surface area (Å²) in [7, 11) is 0. The third kappa shape index (κ3) is 2.53. The van der Waals surface area contributed by atoms with E-state index in [0.717, 1.165) is 23.0 Å². The molecule has 1 aromatic carbocycles. The number of halogens is 1. The van der Waals surface area contributed by atoms with Gasteiger partial charge in [-0.3, -0.25) is 4.79 Å². The van der Waals surface area contributed by atoms with Crippen LogP contribution in [0.4, 0.5) is 5.69 Å². The van der Waals surface area contributed by atoms with Crippen LogP contribution in [0, 0.1) is 0 Å². The molecule has 0 aliphatic carbocycles. The first-order valence-corrected chi connectivity index (χ1v) is 6.44. The zero-order valence-electron chi connectivity index (χ0n) is 10.1. The Morgan fingerprint density at radius 3 is 2.88 bits per heavy atom. The molecule has 0 aromatic heterocycles. The van der Waals surface area contributed by atoms with Crippen LogP contribution in [0.15, 0.2) is 22.7 Å².